The van der Waals surface area contributed by atoms with Crippen molar-refractivity contribution < 1.29 is 23.1 Å². The van der Waals surface area contributed by atoms with Gasteiger partial charge in [0.1, 0.15) is 16.7 Å². The summed E-state index contributed by atoms with van der Waals surface area (Å²) in [5, 5.41) is 19.1. The predicted molar refractivity (Wildman–Crippen MR) is 142 cm³/mol. The van der Waals surface area contributed by atoms with E-state index in [-0.39, 0.29) is 42.2 Å². The quantitative estimate of drug-likeness (QED) is 0.515. The highest BCUT2D eigenvalue weighted by Crippen LogP contribution is 2.36. The Morgan fingerprint density at radius 3 is 2.61 bits per heavy atom. The van der Waals surface area contributed by atoms with Crippen molar-refractivity contribution in [1.29, 1.82) is 5.26 Å². The maximum atomic E-state index is 13.7. The normalized spacial score (nSPS) is 19.7. The van der Waals surface area contributed by atoms with Crippen LogP contribution in [0.3, 0.4) is 0 Å². The van der Waals surface area contributed by atoms with Crippen LogP contribution in [0.5, 0.6) is 5.75 Å². The number of ether oxygens (including phenoxy) is 1. The van der Waals surface area contributed by atoms with Crippen molar-refractivity contribution in [3.63, 3.8) is 0 Å². The van der Waals surface area contributed by atoms with Crippen LogP contribution in [0.4, 0.5) is 0 Å². The molecule has 0 radical (unpaired) electrons. The summed E-state index contributed by atoms with van der Waals surface area (Å²) in [7, 11) is -2.33. The molecule has 3 atom stereocenters. The summed E-state index contributed by atoms with van der Waals surface area (Å²) in [6.07, 6.45) is 2.55. The van der Waals surface area contributed by atoms with Crippen LogP contribution >= 0.6 is 0 Å². The fraction of sp³-hybridized carbons (Fsp3) is 0.321. The van der Waals surface area contributed by atoms with Crippen LogP contribution in [0.1, 0.15) is 29.8 Å². The Morgan fingerprint density at radius 1 is 1.21 bits per heavy atom. The highest BCUT2D eigenvalue weighted by molar-refractivity contribution is 7.89. The molecule has 3 aromatic rings. The van der Waals surface area contributed by atoms with Gasteiger partial charge in [-0.2, -0.15) is 9.57 Å². The number of amides is 1. The number of aromatic nitrogens is 1. The summed E-state index contributed by atoms with van der Waals surface area (Å²) < 4.78 is 35.1. The van der Waals surface area contributed by atoms with Gasteiger partial charge in [0.2, 0.25) is 10.0 Å². The minimum Gasteiger partial charge on any atom is -0.487 e. The smallest absolute Gasteiger partial charge is 0.253 e. The number of aliphatic hydroxyl groups excluding tert-OH is 1. The first-order valence-corrected chi connectivity index (χ1v) is 13.7. The van der Waals surface area contributed by atoms with Crippen molar-refractivity contribution in [3.8, 4) is 22.9 Å². The van der Waals surface area contributed by atoms with E-state index in [1.54, 1.807) is 73.7 Å². The molecule has 0 saturated heterocycles. The van der Waals surface area contributed by atoms with Crippen LogP contribution in [0.2, 0.25) is 0 Å². The highest BCUT2D eigenvalue weighted by Gasteiger charge is 2.38. The van der Waals surface area contributed by atoms with Crippen LogP contribution in [0.15, 0.2) is 71.9 Å². The average Bonchev–Trinajstić information content (AvgIpc) is 2.94. The zero-order valence-electron chi connectivity index (χ0n) is 21.5. The van der Waals surface area contributed by atoms with Gasteiger partial charge in [0.15, 0.2) is 0 Å². The standard InChI is InChI=1S/C28H30N4O5S/c1-19-16-32(20(2)18-33)38(35,36)27-8-7-24(23-6-4-5-21(13-23)15-29)14-25(27)37-26(19)17-31(3)28(34)22-9-11-30-12-10-22/h4-14,19-20,26,33H,16-18H2,1-3H3/t19-,20+,26-/m0/s1. The van der Waals surface area contributed by atoms with Crippen LogP contribution in [-0.2, 0) is 10.0 Å². The van der Waals surface area contributed by atoms with Gasteiger partial charge in [0.05, 0.1) is 24.8 Å². The van der Waals surface area contributed by atoms with Crippen molar-refractivity contribution in [3.05, 3.63) is 78.1 Å². The van der Waals surface area contributed by atoms with E-state index in [0.717, 1.165) is 5.56 Å². The van der Waals surface area contributed by atoms with Crippen molar-refractivity contribution in [2.45, 2.75) is 30.9 Å². The summed E-state index contributed by atoms with van der Waals surface area (Å²) in [5.74, 6) is -0.368. The van der Waals surface area contributed by atoms with Gasteiger partial charge in [-0.05, 0) is 54.4 Å². The fourth-order valence-electron chi connectivity index (χ4n) is 4.46. The Kier molecular flexibility index (Phi) is 8.11. The third kappa shape index (κ3) is 5.55. The number of hydrogen-bond acceptors (Lipinski definition) is 7. The minimum atomic E-state index is -4.00. The largest absolute Gasteiger partial charge is 0.487 e. The molecular weight excluding hydrogens is 504 g/mol. The molecule has 1 aliphatic rings. The van der Waals surface area contributed by atoms with E-state index in [0.29, 0.717) is 16.7 Å². The third-order valence-corrected chi connectivity index (χ3v) is 8.74. The first-order chi connectivity index (χ1) is 18.1. The number of sulfonamides is 1. The summed E-state index contributed by atoms with van der Waals surface area (Å²) in [6.45, 7) is 3.50. The Morgan fingerprint density at radius 2 is 1.92 bits per heavy atom. The molecule has 10 heteroatoms. The minimum absolute atomic E-state index is 0.0157. The lowest BCUT2D eigenvalue weighted by Crippen LogP contribution is -2.50. The van der Waals surface area contributed by atoms with E-state index < -0.39 is 22.2 Å². The molecule has 198 valence electrons. The summed E-state index contributed by atoms with van der Waals surface area (Å²) >= 11 is 0. The van der Waals surface area contributed by atoms with Gasteiger partial charge in [-0.25, -0.2) is 8.42 Å². The molecule has 38 heavy (non-hydrogen) atoms. The van der Waals surface area contributed by atoms with Crippen LogP contribution < -0.4 is 4.74 Å². The molecule has 0 spiro atoms. The maximum absolute atomic E-state index is 13.7. The molecule has 9 nitrogen and oxygen atoms in total. The number of rotatable bonds is 6. The summed E-state index contributed by atoms with van der Waals surface area (Å²) in [4.78, 5) is 18.5. The molecule has 0 aliphatic carbocycles. The molecule has 2 aromatic carbocycles. The number of benzene rings is 2. The second-order valence-corrected chi connectivity index (χ2v) is 11.4. The monoisotopic (exact) mass is 534 g/mol. The molecule has 0 fully saturated rings. The average molecular weight is 535 g/mol. The Labute approximate surface area is 223 Å². The van der Waals surface area contributed by atoms with Gasteiger partial charge in [0.25, 0.3) is 5.91 Å². The molecule has 4 rings (SSSR count). The molecular formula is C28H30N4O5S. The zero-order chi connectivity index (χ0) is 27.4. The second kappa shape index (κ2) is 11.3. The van der Waals surface area contributed by atoms with Crippen molar-refractivity contribution in [1.82, 2.24) is 14.2 Å². The molecule has 0 saturated carbocycles. The predicted octanol–water partition coefficient (Wildman–Crippen LogP) is 3.16. The third-order valence-electron chi connectivity index (χ3n) is 6.72. The lowest BCUT2D eigenvalue weighted by atomic mass is 10.0. The molecule has 1 aliphatic heterocycles. The van der Waals surface area contributed by atoms with Crippen LogP contribution in [-0.4, -0.2) is 72.5 Å². The molecule has 0 bridgehead atoms. The lowest BCUT2D eigenvalue weighted by Gasteiger charge is -2.37. The summed E-state index contributed by atoms with van der Waals surface area (Å²) in [6, 6.07) is 16.6. The number of pyridine rings is 1. The SMILES string of the molecule is C[C@H](CO)N1C[C@H](C)[C@H](CN(C)C(=O)c2ccncc2)Oc2cc(-c3cccc(C#N)c3)ccc2S1(=O)=O. The van der Waals surface area contributed by atoms with Crippen LogP contribution in [0.25, 0.3) is 11.1 Å². The van der Waals surface area contributed by atoms with Gasteiger partial charge in [-0.3, -0.25) is 9.78 Å². The lowest BCUT2D eigenvalue weighted by molar-refractivity contribution is 0.0564. The van der Waals surface area contributed by atoms with Gasteiger partial charge in [-0.15, -0.1) is 0 Å². The Hall–Kier alpha value is -3.78. The van der Waals surface area contributed by atoms with Crippen molar-refractivity contribution in [2.24, 2.45) is 5.92 Å². The maximum Gasteiger partial charge on any atom is 0.253 e. The second-order valence-electron chi connectivity index (χ2n) is 9.52. The number of hydrogen-bond donors (Lipinski definition) is 1. The topological polar surface area (TPSA) is 124 Å². The molecule has 1 aromatic heterocycles. The molecule has 0 unspecified atom stereocenters. The van der Waals surface area contributed by atoms with E-state index >= 15 is 0 Å². The van der Waals surface area contributed by atoms with Crippen molar-refractivity contribution in [2.75, 3.05) is 26.7 Å². The van der Waals surface area contributed by atoms with Crippen LogP contribution in [0, 0.1) is 17.2 Å². The first kappa shape index (κ1) is 27.3. The van der Waals surface area contributed by atoms with E-state index in [4.69, 9.17) is 4.74 Å². The number of carbonyl (C=O) groups excluding carboxylic acids is 1. The van der Waals surface area contributed by atoms with Gasteiger partial charge in [-0.1, -0.05) is 25.1 Å². The van der Waals surface area contributed by atoms with E-state index in [1.165, 1.54) is 10.4 Å². The number of carbonyl (C=O) groups is 1. The Balaban J connectivity index is 1.76. The first-order valence-electron chi connectivity index (χ1n) is 12.2. The number of fused-ring (bicyclic) bond motifs is 1. The number of nitrogens with zero attached hydrogens (tertiary/aromatic N) is 4. The van der Waals surface area contributed by atoms with Gasteiger partial charge in [0, 0.05) is 43.5 Å². The number of likely N-dealkylation sites (N-methyl/N-ethyl adjacent to an activating group) is 1. The summed E-state index contributed by atoms with van der Waals surface area (Å²) in [5.41, 5.74) is 2.39. The number of aliphatic hydroxyl groups is 1. The molecule has 1 amide bonds. The molecule has 2 heterocycles. The van der Waals surface area contributed by atoms with Crippen molar-refractivity contribution >= 4 is 15.9 Å². The van der Waals surface area contributed by atoms with E-state index in [2.05, 4.69) is 11.1 Å². The van der Waals surface area contributed by atoms with Gasteiger partial charge < -0.3 is 14.7 Å². The molecule has 1 N–H and O–H groups in total. The van der Waals surface area contributed by atoms with E-state index in [1.807, 2.05) is 13.0 Å². The number of nitriles is 1. The zero-order valence-corrected chi connectivity index (χ0v) is 22.3. The Bertz CT molecular complexity index is 1460. The van der Waals surface area contributed by atoms with E-state index in [9.17, 15) is 23.6 Å². The fourth-order valence-corrected chi connectivity index (χ4v) is 6.28. The van der Waals surface area contributed by atoms with Gasteiger partial charge >= 0.3 is 0 Å². The highest BCUT2D eigenvalue weighted by atomic mass is 32.2.